The van der Waals surface area contributed by atoms with E-state index in [1.54, 1.807) is 24.4 Å². The average molecular weight is 319 g/mol. The molecule has 0 bridgehead atoms. The van der Waals surface area contributed by atoms with E-state index in [2.05, 4.69) is 10.3 Å². The van der Waals surface area contributed by atoms with Crippen molar-refractivity contribution in [1.82, 2.24) is 4.98 Å². The van der Waals surface area contributed by atoms with Gasteiger partial charge in [-0.3, -0.25) is 9.78 Å². The minimum atomic E-state index is -0.667. The quantitative estimate of drug-likeness (QED) is 0.784. The van der Waals surface area contributed by atoms with Crippen molar-refractivity contribution in [2.24, 2.45) is 11.5 Å². The number of nitrogens with one attached hydrogen (secondary N) is 1. The minimum absolute atomic E-state index is 0.240. The van der Waals surface area contributed by atoms with Crippen LogP contribution in [0.25, 0.3) is 0 Å². The number of nitrogens with two attached hydrogens (primary N) is 2. The molecule has 114 valence electrons. The van der Waals surface area contributed by atoms with Gasteiger partial charge in [-0.1, -0.05) is 17.7 Å². The summed E-state index contributed by atoms with van der Waals surface area (Å²) in [4.78, 5) is 25.9. The van der Waals surface area contributed by atoms with Crippen molar-refractivity contribution in [2.75, 3.05) is 5.32 Å². The molecule has 22 heavy (non-hydrogen) atoms. The van der Waals surface area contributed by atoms with Gasteiger partial charge in [0.05, 0.1) is 10.7 Å². The average Bonchev–Trinajstić information content (AvgIpc) is 2.48. The highest BCUT2D eigenvalue weighted by Gasteiger charge is 2.06. The number of amides is 3. The molecule has 3 amide bonds. The Hall–Kier alpha value is -2.60. The first-order chi connectivity index (χ1) is 10.5. The third-order valence-electron chi connectivity index (χ3n) is 3.07. The highest BCUT2D eigenvalue weighted by atomic mass is 35.5. The molecule has 0 radical (unpaired) electrons. The largest absolute Gasteiger partial charge is 0.364 e. The summed E-state index contributed by atoms with van der Waals surface area (Å²) >= 11 is 5.98. The number of hydrogen-bond acceptors (Lipinski definition) is 3. The highest BCUT2D eigenvalue weighted by Crippen LogP contribution is 2.23. The molecule has 0 aliphatic rings. The number of anilines is 1. The van der Waals surface area contributed by atoms with Gasteiger partial charge in [-0.25, -0.2) is 4.79 Å². The lowest BCUT2D eigenvalue weighted by Gasteiger charge is -2.08. The van der Waals surface area contributed by atoms with Crippen molar-refractivity contribution in [3.63, 3.8) is 0 Å². The summed E-state index contributed by atoms with van der Waals surface area (Å²) in [5.74, 6) is -0.554. The summed E-state index contributed by atoms with van der Waals surface area (Å²) in [5, 5.41) is 2.89. The first-order valence-electron chi connectivity index (χ1n) is 6.55. The lowest BCUT2D eigenvalue weighted by Crippen LogP contribution is -2.19. The van der Waals surface area contributed by atoms with Crippen molar-refractivity contribution in [1.29, 1.82) is 0 Å². The maximum atomic E-state index is 11.1. The SMILES string of the molecule is NC(=O)Nc1cc(CCc2ccnc(C(N)=O)c2)ccc1Cl. The second-order valence-corrected chi connectivity index (χ2v) is 5.12. The Morgan fingerprint density at radius 2 is 1.77 bits per heavy atom. The molecular formula is C15H15ClN4O2. The molecule has 1 aromatic carbocycles. The lowest BCUT2D eigenvalue weighted by molar-refractivity contribution is 0.0995. The molecule has 1 heterocycles. The van der Waals surface area contributed by atoms with Gasteiger partial charge in [0.15, 0.2) is 0 Å². The van der Waals surface area contributed by atoms with Crippen molar-refractivity contribution in [2.45, 2.75) is 12.8 Å². The smallest absolute Gasteiger partial charge is 0.316 e. The van der Waals surface area contributed by atoms with Gasteiger partial charge in [-0.15, -0.1) is 0 Å². The van der Waals surface area contributed by atoms with Gasteiger partial charge in [-0.05, 0) is 48.2 Å². The van der Waals surface area contributed by atoms with Gasteiger partial charge in [0.1, 0.15) is 5.69 Å². The van der Waals surface area contributed by atoms with Crippen LogP contribution in [0.4, 0.5) is 10.5 Å². The number of carbonyl (C=O) groups excluding carboxylic acids is 2. The van der Waals surface area contributed by atoms with Gasteiger partial charge in [-0.2, -0.15) is 0 Å². The van der Waals surface area contributed by atoms with E-state index < -0.39 is 11.9 Å². The Kier molecular flexibility index (Phi) is 4.95. The first kappa shape index (κ1) is 15.8. The van der Waals surface area contributed by atoms with Crippen LogP contribution < -0.4 is 16.8 Å². The van der Waals surface area contributed by atoms with Gasteiger partial charge in [0.2, 0.25) is 0 Å². The molecule has 2 rings (SSSR count). The van der Waals surface area contributed by atoms with Crippen LogP contribution >= 0.6 is 11.6 Å². The van der Waals surface area contributed by atoms with Crippen molar-refractivity contribution in [3.05, 3.63) is 58.4 Å². The molecule has 0 aliphatic carbocycles. The molecule has 6 nitrogen and oxygen atoms in total. The molecule has 2 aromatic rings. The van der Waals surface area contributed by atoms with E-state index in [1.807, 2.05) is 12.1 Å². The molecular weight excluding hydrogens is 304 g/mol. The molecule has 0 fully saturated rings. The molecule has 0 aliphatic heterocycles. The minimum Gasteiger partial charge on any atom is -0.364 e. The fraction of sp³-hybridized carbons (Fsp3) is 0.133. The number of rotatable bonds is 5. The fourth-order valence-corrected chi connectivity index (χ4v) is 2.17. The van der Waals surface area contributed by atoms with Crippen molar-refractivity contribution < 1.29 is 9.59 Å². The van der Waals surface area contributed by atoms with Gasteiger partial charge in [0.25, 0.3) is 5.91 Å². The zero-order chi connectivity index (χ0) is 16.1. The topological polar surface area (TPSA) is 111 Å². The van der Waals surface area contributed by atoms with Gasteiger partial charge < -0.3 is 16.8 Å². The van der Waals surface area contributed by atoms with Crippen LogP contribution in [0.15, 0.2) is 36.5 Å². The number of urea groups is 1. The molecule has 0 spiro atoms. The Morgan fingerprint density at radius 1 is 1.09 bits per heavy atom. The number of halogens is 1. The number of nitrogens with zero attached hydrogens (tertiary/aromatic N) is 1. The van der Waals surface area contributed by atoms with E-state index in [0.717, 1.165) is 11.1 Å². The summed E-state index contributed by atoms with van der Waals surface area (Å²) in [6.45, 7) is 0. The van der Waals surface area contributed by atoms with Crippen LogP contribution in [-0.2, 0) is 12.8 Å². The monoisotopic (exact) mass is 318 g/mol. The number of carbonyl (C=O) groups is 2. The zero-order valence-electron chi connectivity index (χ0n) is 11.7. The lowest BCUT2D eigenvalue weighted by atomic mass is 10.0. The van der Waals surface area contributed by atoms with Crippen LogP contribution in [0, 0.1) is 0 Å². The summed E-state index contributed by atoms with van der Waals surface area (Å²) in [5.41, 5.74) is 12.9. The zero-order valence-corrected chi connectivity index (χ0v) is 12.4. The Balaban J connectivity index is 2.10. The second kappa shape index (κ2) is 6.91. The molecule has 0 saturated carbocycles. The van der Waals surface area contributed by atoms with Crippen molar-refractivity contribution >= 4 is 29.2 Å². The van der Waals surface area contributed by atoms with Crippen LogP contribution in [0.5, 0.6) is 0 Å². The van der Waals surface area contributed by atoms with E-state index in [-0.39, 0.29) is 5.69 Å². The first-order valence-corrected chi connectivity index (χ1v) is 6.93. The van der Waals surface area contributed by atoms with E-state index in [0.29, 0.717) is 23.6 Å². The summed E-state index contributed by atoms with van der Waals surface area (Å²) in [6, 6.07) is 8.16. The van der Waals surface area contributed by atoms with Crippen LogP contribution in [0.3, 0.4) is 0 Å². The maximum Gasteiger partial charge on any atom is 0.316 e. The molecule has 0 saturated heterocycles. The maximum absolute atomic E-state index is 11.1. The van der Waals surface area contributed by atoms with E-state index in [9.17, 15) is 9.59 Å². The van der Waals surface area contributed by atoms with Gasteiger partial charge in [0, 0.05) is 6.20 Å². The Morgan fingerprint density at radius 3 is 2.41 bits per heavy atom. The van der Waals surface area contributed by atoms with Crippen LogP contribution in [-0.4, -0.2) is 16.9 Å². The summed E-state index contributed by atoms with van der Waals surface area (Å²) in [6.07, 6.45) is 2.95. The van der Waals surface area contributed by atoms with Crippen molar-refractivity contribution in [3.8, 4) is 0 Å². The predicted molar refractivity (Wildman–Crippen MR) is 84.8 cm³/mol. The molecule has 0 unspecified atom stereocenters. The second-order valence-electron chi connectivity index (χ2n) is 4.72. The number of benzene rings is 1. The van der Waals surface area contributed by atoms with Crippen LogP contribution in [0.1, 0.15) is 21.6 Å². The Labute approximate surface area is 132 Å². The molecule has 7 heteroatoms. The van der Waals surface area contributed by atoms with Crippen LogP contribution in [0.2, 0.25) is 5.02 Å². The third-order valence-corrected chi connectivity index (χ3v) is 3.40. The molecule has 0 atom stereocenters. The fourth-order valence-electron chi connectivity index (χ4n) is 2.01. The normalized spacial score (nSPS) is 10.2. The van der Waals surface area contributed by atoms with Gasteiger partial charge >= 0.3 is 6.03 Å². The number of pyridine rings is 1. The molecule has 1 aromatic heterocycles. The summed E-state index contributed by atoms with van der Waals surface area (Å²) in [7, 11) is 0. The number of primary amides is 2. The standard InChI is InChI=1S/C15H15ClN4O2/c16-11-4-3-9(7-12(11)20-15(18)22)1-2-10-5-6-19-13(8-10)14(17)21/h3-8H,1-2H2,(H2,17,21)(H3,18,20,22). The molecule has 5 N–H and O–H groups in total. The number of hydrogen-bond donors (Lipinski definition) is 3. The number of aryl methyl sites for hydroxylation is 2. The highest BCUT2D eigenvalue weighted by molar-refractivity contribution is 6.33. The Bertz CT molecular complexity index is 718. The van der Waals surface area contributed by atoms with E-state index in [4.69, 9.17) is 23.1 Å². The van der Waals surface area contributed by atoms with E-state index >= 15 is 0 Å². The predicted octanol–water partition coefficient (Wildman–Crippen LogP) is 2.11. The third kappa shape index (κ3) is 4.20. The van der Waals surface area contributed by atoms with E-state index in [1.165, 1.54) is 0 Å². The number of aromatic nitrogens is 1. The summed E-state index contributed by atoms with van der Waals surface area (Å²) < 4.78 is 0.